The van der Waals surface area contributed by atoms with Gasteiger partial charge in [0.1, 0.15) is 5.60 Å². The Hall–Kier alpha value is -1.76. The summed E-state index contributed by atoms with van der Waals surface area (Å²) in [6.45, 7) is 5.49. The molecule has 0 aromatic carbocycles. The molecule has 0 bridgehead atoms. The monoisotopic (exact) mass is 249 g/mol. The molecule has 1 aliphatic carbocycles. The molecule has 0 radical (unpaired) electrons. The van der Waals surface area contributed by atoms with Gasteiger partial charge in [0.05, 0.1) is 6.54 Å². The first-order valence-electron chi connectivity index (χ1n) is 6.01. The van der Waals surface area contributed by atoms with Crippen molar-refractivity contribution in [3.8, 4) is 12.3 Å². The third kappa shape index (κ3) is 4.25. The third-order valence-electron chi connectivity index (χ3n) is 2.39. The molecule has 18 heavy (non-hydrogen) atoms. The Balaban J connectivity index is 2.86. The molecule has 0 saturated heterocycles. The lowest BCUT2D eigenvalue weighted by Gasteiger charge is -2.28. The van der Waals surface area contributed by atoms with Crippen molar-refractivity contribution in [1.29, 1.82) is 0 Å². The van der Waals surface area contributed by atoms with Crippen LogP contribution < -0.4 is 0 Å². The van der Waals surface area contributed by atoms with Crippen molar-refractivity contribution in [1.82, 2.24) is 4.90 Å². The Morgan fingerprint density at radius 1 is 1.50 bits per heavy atom. The van der Waals surface area contributed by atoms with Crippen LogP contribution in [0, 0.1) is 12.3 Å². The predicted octanol–water partition coefficient (Wildman–Crippen LogP) is 2.49. The van der Waals surface area contributed by atoms with E-state index in [1.54, 1.807) is 20.8 Å². The van der Waals surface area contributed by atoms with Crippen LogP contribution in [0.1, 0.15) is 40.0 Å². The normalized spacial score (nSPS) is 15.7. The Morgan fingerprint density at radius 2 is 2.17 bits per heavy atom. The maximum atomic E-state index is 12.0. The number of nitrogens with zero attached hydrogens (tertiary/aromatic N) is 1. The highest BCUT2D eigenvalue weighted by atomic mass is 16.6. The Labute approximate surface area is 108 Å². The summed E-state index contributed by atoms with van der Waals surface area (Å²) < 4.78 is 5.28. The lowest BCUT2D eigenvalue weighted by molar-refractivity contribution is -0.115. The van der Waals surface area contributed by atoms with Gasteiger partial charge in [-0.15, -0.1) is 6.42 Å². The van der Waals surface area contributed by atoms with E-state index in [9.17, 15) is 9.59 Å². The number of terminal acetylenes is 1. The molecule has 0 heterocycles. The first-order valence-corrected chi connectivity index (χ1v) is 6.01. The van der Waals surface area contributed by atoms with Gasteiger partial charge in [0.15, 0.2) is 5.78 Å². The standard InChI is InChI=1S/C14H19NO3/c1-5-9-15(13(17)18-14(2,3)4)11-7-6-8-12(16)10-11/h1,10H,6-9H2,2-4H3. The van der Waals surface area contributed by atoms with E-state index in [4.69, 9.17) is 11.2 Å². The second kappa shape index (κ2) is 5.72. The van der Waals surface area contributed by atoms with Gasteiger partial charge in [-0.05, 0) is 33.6 Å². The zero-order valence-corrected chi connectivity index (χ0v) is 11.2. The SMILES string of the molecule is C#CCN(C(=O)OC(C)(C)C)C1=CC(=O)CCC1. The Morgan fingerprint density at radius 3 is 2.67 bits per heavy atom. The fraction of sp³-hybridized carbons (Fsp3) is 0.571. The predicted molar refractivity (Wildman–Crippen MR) is 68.7 cm³/mol. The summed E-state index contributed by atoms with van der Waals surface area (Å²) in [6, 6.07) is 0. The van der Waals surface area contributed by atoms with Crippen LogP contribution in [-0.2, 0) is 9.53 Å². The number of ketones is 1. The van der Waals surface area contributed by atoms with Crippen LogP contribution in [0.15, 0.2) is 11.8 Å². The van der Waals surface area contributed by atoms with Gasteiger partial charge in [0.25, 0.3) is 0 Å². The Kier molecular flexibility index (Phi) is 4.55. The van der Waals surface area contributed by atoms with Crippen LogP contribution in [0.3, 0.4) is 0 Å². The quantitative estimate of drug-likeness (QED) is 0.706. The number of amides is 1. The van der Waals surface area contributed by atoms with Crippen molar-refractivity contribution in [2.24, 2.45) is 0 Å². The molecule has 4 nitrogen and oxygen atoms in total. The molecule has 1 amide bonds. The number of hydrogen-bond acceptors (Lipinski definition) is 3. The first kappa shape index (κ1) is 14.3. The van der Waals surface area contributed by atoms with Crippen molar-refractivity contribution in [3.63, 3.8) is 0 Å². The maximum absolute atomic E-state index is 12.0. The van der Waals surface area contributed by atoms with Gasteiger partial charge in [0, 0.05) is 18.2 Å². The molecule has 0 unspecified atom stereocenters. The second-order valence-corrected chi connectivity index (χ2v) is 5.23. The van der Waals surface area contributed by atoms with Gasteiger partial charge in [0.2, 0.25) is 0 Å². The molecule has 1 aliphatic rings. The van der Waals surface area contributed by atoms with Gasteiger partial charge in [-0.3, -0.25) is 9.69 Å². The van der Waals surface area contributed by atoms with Gasteiger partial charge in [-0.1, -0.05) is 5.92 Å². The molecular weight excluding hydrogens is 230 g/mol. The van der Waals surface area contributed by atoms with Gasteiger partial charge in [-0.25, -0.2) is 4.79 Å². The minimum Gasteiger partial charge on any atom is -0.443 e. The van der Waals surface area contributed by atoms with E-state index in [-0.39, 0.29) is 12.3 Å². The molecular formula is C14H19NO3. The molecule has 0 fully saturated rings. The molecule has 0 N–H and O–H groups in total. The molecule has 1 rings (SSSR count). The summed E-state index contributed by atoms with van der Waals surface area (Å²) in [5.74, 6) is 2.45. The fourth-order valence-corrected chi connectivity index (χ4v) is 1.68. The lowest BCUT2D eigenvalue weighted by Crippen LogP contribution is -2.37. The zero-order chi connectivity index (χ0) is 13.8. The average Bonchev–Trinajstić information content (AvgIpc) is 2.23. The number of hydrogen-bond donors (Lipinski definition) is 0. The molecule has 0 aliphatic heterocycles. The van der Waals surface area contributed by atoms with Crippen molar-refractivity contribution in [2.75, 3.05) is 6.54 Å². The summed E-state index contributed by atoms with van der Waals surface area (Å²) >= 11 is 0. The van der Waals surface area contributed by atoms with E-state index in [0.29, 0.717) is 18.5 Å². The zero-order valence-electron chi connectivity index (χ0n) is 11.2. The minimum atomic E-state index is -0.580. The highest BCUT2D eigenvalue weighted by molar-refractivity contribution is 5.91. The van der Waals surface area contributed by atoms with Crippen molar-refractivity contribution in [3.05, 3.63) is 11.8 Å². The minimum absolute atomic E-state index is 0.0295. The van der Waals surface area contributed by atoms with E-state index in [1.807, 2.05) is 0 Å². The second-order valence-electron chi connectivity index (χ2n) is 5.23. The summed E-state index contributed by atoms with van der Waals surface area (Å²) in [7, 11) is 0. The van der Waals surface area contributed by atoms with Crippen LogP contribution in [0.5, 0.6) is 0 Å². The van der Waals surface area contributed by atoms with Gasteiger partial charge in [-0.2, -0.15) is 0 Å². The maximum Gasteiger partial charge on any atom is 0.415 e. The molecule has 0 atom stereocenters. The van der Waals surface area contributed by atoms with Crippen LogP contribution in [0.4, 0.5) is 4.79 Å². The topological polar surface area (TPSA) is 46.6 Å². The molecule has 0 spiro atoms. The molecule has 4 heteroatoms. The van der Waals surface area contributed by atoms with Gasteiger partial charge < -0.3 is 4.74 Å². The van der Waals surface area contributed by atoms with Crippen molar-refractivity contribution in [2.45, 2.75) is 45.6 Å². The third-order valence-corrected chi connectivity index (χ3v) is 2.39. The number of allylic oxidation sites excluding steroid dienone is 2. The fourth-order valence-electron chi connectivity index (χ4n) is 1.68. The van der Waals surface area contributed by atoms with Crippen molar-refractivity contribution < 1.29 is 14.3 Å². The average molecular weight is 249 g/mol. The van der Waals surface area contributed by atoms with Crippen LogP contribution in [0.2, 0.25) is 0 Å². The van der Waals surface area contributed by atoms with E-state index in [2.05, 4.69) is 5.92 Å². The van der Waals surface area contributed by atoms with E-state index in [1.165, 1.54) is 11.0 Å². The smallest absolute Gasteiger partial charge is 0.415 e. The summed E-state index contributed by atoms with van der Waals surface area (Å²) in [5, 5.41) is 0. The largest absolute Gasteiger partial charge is 0.443 e. The van der Waals surface area contributed by atoms with Crippen LogP contribution >= 0.6 is 0 Å². The summed E-state index contributed by atoms with van der Waals surface area (Å²) in [4.78, 5) is 24.8. The molecule has 0 aromatic rings. The van der Waals surface area contributed by atoms with Crippen molar-refractivity contribution >= 4 is 11.9 Å². The molecule has 0 saturated carbocycles. The number of carbonyl (C=O) groups excluding carboxylic acids is 2. The highest BCUT2D eigenvalue weighted by Gasteiger charge is 2.25. The lowest BCUT2D eigenvalue weighted by atomic mass is 10.0. The van der Waals surface area contributed by atoms with E-state index >= 15 is 0 Å². The summed E-state index contributed by atoms with van der Waals surface area (Å²) in [5.41, 5.74) is 0.0712. The molecule has 98 valence electrons. The summed E-state index contributed by atoms with van der Waals surface area (Å²) in [6.07, 6.45) is 8.20. The van der Waals surface area contributed by atoms with Crippen LogP contribution in [-0.4, -0.2) is 28.9 Å². The molecule has 0 aromatic heterocycles. The number of carbonyl (C=O) groups is 2. The first-order chi connectivity index (χ1) is 8.33. The Bertz CT molecular complexity index is 410. The number of rotatable bonds is 2. The van der Waals surface area contributed by atoms with Gasteiger partial charge >= 0.3 is 6.09 Å². The van der Waals surface area contributed by atoms with Crippen LogP contribution in [0.25, 0.3) is 0 Å². The van der Waals surface area contributed by atoms with E-state index in [0.717, 1.165) is 6.42 Å². The van der Waals surface area contributed by atoms with E-state index < -0.39 is 11.7 Å². The number of ether oxygens (including phenoxy) is 1. The highest BCUT2D eigenvalue weighted by Crippen LogP contribution is 2.21.